The molecule has 5 rings (SSSR count). The van der Waals surface area contributed by atoms with Crippen molar-refractivity contribution in [1.82, 2.24) is 14.9 Å². The van der Waals surface area contributed by atoms with Gasteiger partial charge in [-0.15, -0.1) is 0 Å². The average molecular weight is 526 g/mol. The third-order valence-corrected chi connectivity index (χ3v) is 8.67. The lowest BCUT2D eigenvalue weighted by molar-refractivity contribution is -0.122. The van der Waals surface area contributed by atoms with Gasteiger partial charge in [-0.3, -0.25) is 4.79 Å². The number of hydrogen-bond donors (Lipinski definition) is 1. The second kappa shape index (κ2) is 10.5. The molecule has 9 heteroatoms. The smallest absolute Gasteiger partial charge is 0.242 e. The zero-order chi connectivity index (χ0) is 26.7. The molecule has 0 bridgehead atoms. The Morgan fingerprint density at radius 3 is 2.50 bits per heavy atom. The lowest BCUT2D eigenvalue weighted by Crippen LogP contribution is -2.49. The lowest BCUT2D eigenvalue weighted by atomic mass is 9.93. The summed E-state index contributed by atoms with van der Waals surface area (Å²) in [4.78, 5) is 20.2. The van der Waals surface area contributed by atoms with E-state index in [-0.39, 0.29) is 22.2 Å². The molecule has 1 amide bonds. The van der Waals surface area contributed by atoms with Gasteiger partial charge in [-0.2, -0.15) is 5.26 Å². The number of carbonyl (C=O) groups excluding carboxylic acids is 1. The van der Waals surface area contributed by atoms with Crippen molar-refractivity contribution in [1.29, 1.82) is 5.26 Å². The van der Waals surface area contributed by atoms with E-state index in [1.165, 1.54) is 0 Å². The highest BCUT2D eigenvalue weighted by atomic mass is 32.2. The van der Waals surface area contributed by atoms with Crippen LogP contribution in [0.3, 0.4) is 0 Å². The first kappa shape index (κ1) is 25.2. The monoisotopic (exact) mass is 525 g/mol. The summed E-state index contributed by atoms with van der Waals surface area (Å²) in [5.41, 5.74) is 4.36. The van der Waals surface area contributed by atoms with Crippen molar-refractivity contribution in [3.8, 4) is 6.07 Å². The number of nitrogens with one attached hydrogen (secondary N) is 1. The zero-order valence-electron chi connectivity index (χ0n) is 20.9. The first-order chi connectivity index (χ1) is 18.4. The number of benzene rings is 3. The molecule has 0 saturated carbocycles. The second-order valence-corrected chi connectivity index (χ2v) is 11.3. The molecular weight excluding hydrogens is 498 g/mol. The highest BCUT2D eigenvalue weighted by Crippen LogP contribution is 2.33. The van der Waals surface area contributed by atoms with Gasteiger partial charge in [0.25, 0.3) is 0 Å². The van der Waals surface area contributed by atoms with Gasteiger partial charge in [0.1, 0.15) is 6.04 Å². The maximum absolute atomic E-state index is 13.4. The summed E-state index contributed by atoms with van der Waals surface area (Å²) in [6.45, 7) is 0.778. The fourth-order valence-corrected chi connectivity index (χ4v) is 6.04. The maximum Gasteiger partial charge on any atom is 0.242 e. The molecule has 4 aromatic rings. The molecule has 0 aliphatic carbocycles. The minimum absolute atomic E-state index is 0.108. The first-order valence-corrected chi connectivity index (χ1v) is 13.8. The predicted molar refractivity (Wildman–Crippen MR) is 143 cm³/mol. The van der Waals surface area contributed by atoms with Crippen molar-refractivity contribution in [2.45, 2.75) is 41.8 Å². The second-order valence-electron chi connectivity index (χ2n) is 9.31. The first-order valence-electron chi connectivity index (χ1n) is 12.3. The van der Waals surface area contributed by atoms with Gasteiger partial charge in [0.2, 0.25) is 15.7 Å². The van der Waals surface area contributed by atoms with Gasteiger partial charge in [-0.05, 0) is 66.4 Å². The van der Waals surface area contributed by atoms with Crippen molar-refractivity contribution < 1.29 is 13.2 Å². The minimum atomic E-state index is -3.59. The Hall–Kier alpha value is -4.42. The molecule has 3 aromatic carbocycles. The standard InChI is InChI=1S/C29H27N5O3S/c1-33-20-31-18-24(33)19-34-27-13-9-22(16-30)15-23(27)10-14-28(34)29(35)32-17-21-7-11-26(12-8-21)38(36,37)25-5-3-2-4-6-25/h2-9,11-13,15,18,20,28H,10,14,17,19H2,1H3,(H,32,35). The fourth-order valence-electron chi connectivity index (χ4n) is 4.76. The number of carbonyl (C=O) groups is 1. The van der Waals surface area contributed by atoms with Crippen LogP contribution in [-0.4, -0.2) is 29.9 Å². The Kier molecular flexibility index (Phi) is 6.99. The van der Waals surface area contributed by atoms with Crippen molar-refractivity contribution in [3.05, 3.63) is 108 Å². The van der Waals surface area contributed by atoms with E-state index in [1.807, 2.05) is 23.7 Å². The van der Waals surface area contributed by atoms with Crippen LogP contribution in [0.4, 0.5) is 5.69 Å². The molecule has 2 heterocycles. The molecule has 192 valence electrons. The molecule has 1 N–H and O–H groups in total. The van der Waals surface area contributed by atoms with Crippen LogP contribution < -0.4 is 10.2 Å². The van der Waals surface area contributed by atoms with Crippen LogP contribution in [0, 0.1) is 11.3 Å². The quantitative estimate of drug-likeness (QED) is 0.394. The normalized spacial score (nSPS) is 14.9. The van der Waals surface area contributed by atoms with E-state index in [9.17, 15) is 18.5 Å². The van der Waals surface area contributed by atoms with E-state index in [0.717, 1.165) is 22.5 Å². The topological polar surface area (TPSA) is 108 Å². The van der Waals surface area contributed by atoms with Crippen molar-refractivity contribution >= 4 is 21.4 Å². The molecule has 1 atom stereocenters. The largest absolute Gasteiger partial charge is 0.353 e. The number of fused-ring (bicyclic) bond motifs is 1. The molecule has 0 fully saturated rings. The molecular formula is C29H27N5O3S. The number of nitriles is 1. The van der Waals surface area contributed by atoms with Gasteiger partial charge in [0, 0.05) is 25.5 Å². The Morgan fingerprint density at radius 2 is 1.82 bits per heavy atom. The van der Waals surface area contributed by atoms with Gasteiger partial charge in [0.15, 0.2) is 0 Å². The van der Waals surface area contributed by atoms with Gasteiger partial charge in [0.05, 0.1) is 40.0 Å². The van der Waals surface area contributed by atoms with E-state index < -0.39 is 15.9 Å². The lowest BCUT2D eigenvalue weighted by Gasteiger charge is -2.38. The summed E-state index contributed by atoms with van der Waals surface area (Å²) >= 11 is 0. The summed E-state index contributed by atoms with van der Waals surface area (Å²) in [6, 6.07) is 22.3. The molecule has 0 radical (unpaired) electrons. The number of rotatable bonds is 7. The molecule has 0 spiro atoms. The van der Waals surface area contributed by atoms with Crippen LogP contribution in [0.15, 0.2) is 95.1 Å². The Balaban J connectivity index is 1.32. The van der Waals surface area contributed by atoms with Gasteiger partial charge in [-0.25, -0.2) is 13.4 Å². The molecule has 8 nitrogen and oxygen atoms in total. The van der Waals surface area contributed by atoms with Crippen LogP contribution in [0.1, 0.15) is 28.8 Å². The van der Waals surface area contributed by atoms with Crippen molar-refractivity contribution in [3.63, 3.8) is 0 Å². The van der Waals surface area contributed by atoms with Crippen LogP contribution in [0.5, 0.6) is 0 Å². The van der Waals surface area contributed by atoms with Gasteiger partial charge in [-0.1, -0.05) is 30.3 Å². The highest BCUT2D eigenvalue weighted by Gasteiger charge is 2.32. The Morgan fingerprint density at radius 1 is 1.08 bits per heavy atom. The number of hydrogen-bond acceptors (Lipinski definition) is 6. The van der Waals surface area contributed by atoms with E-state index >= 15 is 0 Å². The van der Waals surface area contributed by atoms with Crippen molar-refractivity contribution in [2.24, 2.45) is 7.05 Å². The number of amides is 1. The fraction of sp³-hybridized carbons (Fsp3) is 0.207. The van der Waals surface area contributed by atoms with Crippen LogP contribution in [-0.2, 0) is 41.2 Å². The summed E-state index contributed by atoms with van der Waals surface area (Å²) < 4.78 is 27.6. The van der Waals surface area contributed by atoms with E-state index in [2.05, 4.69) is 21.3 Å². The Labute approximate surface area is 222 Å². The molecule has 1 aliphatic rings. The Bertz CT molecular complexity index is 1610. The van der Waals surface area contributed by atoms with Crippen LogP contribution in [0.25, 0.3) is 0 Å². The van der Waals surface area contributed by atoms with Crippen LogP contribution in [0.2, 0.25) is 0 Å². The predicted octanol–water partition coefficient (Wildman–Crippen LogP) is 3.76. The zero-order valence-corrected chi connectivity index (χ0v) is 21.7. The summed E-state index contributed by atoms with van der Waals surface area (Å²) in [6.07, 6.45) is 4.82. The summed E-state index contributed by atoms with van der Waals surface area (Å²) in [5, 5.41) is 12.3. The maximum atomic E-state index is 13.4. The SMILES string of the molecule is Cn1cncc1CN1c2ccc(C#N)cc2CCC1C(=O)NCc1ccc(S(=O)(=O)c2ccccc2)cc1. The summed E-state index contributed by atoms with van der Waals surface area (Å²) in [5.74, 6) is -0.108. The third kappa shape index (κ3) is 5.04. The van der Waals surface area contributed by atoms with Gasteiger partial charge < -0.3 is 14.8 Å². The van der Waals surface area contributed by atoms with Gasteiger partial charge >= 0.3 is 0 Å². The number of aryl methyl sites for hydroxylation is 2. The molecule has 1 unspecified atom stereocenters. The number of sulfone groups is 1. The molecule has 0 saturated heterocycles. The van der Waals surface area contributed by atoms with E-state index in [0.29, 0.717) is 24.9 Å². The molecule has 1 aliphatic heterocycles. The minimum Gasteiger partial charge on any atom is -0.353 e. The number of imidazole rings is 1. The number of aromatic nitrogens is 2. The van der Waals surface area contributed by atoms with E-state index in [1.54, 1.807) is 73.2 Å². The van der Waals surface area contributed by atoms with Crippen LogP contribution >= 0.6 is 0 Å². The average Bonchev–Trinajstić information content (AvgIpc) is 3.36. The van der Waals surface area contributed by atoms with Crippen molar-refractivity contribution in [2.75, 3.05) is 4.90 Å². The summed E-state index contributed by atoms with van der Waals surface area (Å²) in [7, 11) is -1.68. The third-order valence-electron chi connectivity index (χ3n) is 6.89. The number of nitrogens with zero attached hydrogens (tertiary/aromatic N) is 4. The molecule has 1 aromatic heterocycles. The van der Waals surface area contributed by atoms with E-state index in [4.69, 9.17) is 0 Å². The number of anilines is 1. The highest BCUT2D eigenvalue weighted by molar-refractivity contribution is 7.91. The molecule has 38 heavy (non-hydrogen) atoms.